The van der Waals surface area contributed by atoms with Crippen molar-refractivity contribution in [1.29, 1.82) is 0 Å². The number of pyridine rings is 1. The average molecular weight is 441 g/mol. The fourth-order valence-corrected chi connectivity index (χ4v) is 4.29. The first kappa shape index (κ1) is 20.1. The van der Waals surface area contributed by atoms with Crippen LogP contribution in [-0.2, 0) is 15.0 Å². The molecule has 4 heterocycles. The first-order chi connectivity index (χ1) is 15.4. The summed E-state index contributed by atoms with van der Waals surface area (Å²) in [6.07, 6.45) is -3.40. The number of benzene rings is 1. The van der Waals surface area contributed by atoms with Crippen LogP contribution in [0.2, 0.25) is 0 Å². The second-order valence-corrected chi connectivity index (χ2v) is 7.78. The number of nitrogens with zero attached hydrogens (tertiary/aromatic N) is 3. The SMILES string of the molecule is COc1cccc(-c2ccc3c(c2)C2(COC(N(C(=O)O)C(=O)O)=N2)C2(COC2)CO3)n1. The predicted octanol–water partition coefficient (Wildman–Crippen LogP) is 2.41. The Labute approximate surface area is 181 Å². The van der Waals surface area contributed by atoms with Crippen molar-refractivity contribution in [2.45, 2.75) is 5.54 Å². The first-order valence-electron chi connectivity index (χ1n) is 9.74. The number of carbonyl (C=O) groups is 2. The van der Waals surface area contributed by atoms with Crippen LogP contribution in [0.25, 0.3) is 11.3 Å². The van der Waals surface area contributed by atoms with Gasteiger partial charge in [-0.25, -0.2) is 19.6 Å². The van der Waals surface area contributed by atoms with Gasteiger partial charge in [-0.1, -0.05) is 6.07 Å². The fourth-order valence-electron chi connectivity index (χ4n) is 4.29. The lowest BCUT2D eigenvalue weighted by Gasteiger charge is -2.53. The molecule has 1 unspecified atom stereocenters. The molecule has 1 saturated heterocycles. The van der Waals surface area contributed by atoms with Gasteiger partial charge < -0.3 is 29.2 Å². The molecule has 0 bridgehead atoms. The number of amides is 2. The van der Waals surface area contributed by atoms with Gasteiger partial charge in [0.1, 0.15) is 24.5 Å². The molecule has 2 spiro atoms. The van der Waals surface area contributed by atoms with Crippen molar-refractivity contribution in [3.8, 4) is 22.9 Å². The molecular weight excluding hydrogens is 422 g/mol. The maximum absolute atomic E-state index is 11.5. The molecule has 0 aliphatic carbocycles. The lowest BCUT2D eigenvalue weighted by molar-refractivity contribution is -0.185. The fraction of sp³-hybridized carbons (Fsp3) is 0.333. The molecule has 1 aromatic carbocycles. The van der Waals surface area contributed by atoms with Gasteiger partial charge in [0.25, 0.3) is 0 Å². The number of amidine groups is 1. The lowest BCUT2D eigenvalue weighted by atomic mass is 9.64. The third-order valence-electron chi connectivity index (χ3n) is 6.06. The van der Waals surface area contributed by atoms with E-state index in [1.807, 2.05) is 24.3 Å². The Kier molecular flexibility index (Phi) is 4.45. The Morgan fingerprint density at radius 1 is 1.06 bits per heavy atom. The van der Waals surface area contributed by atoms with E-state index in [9.17, 15) is 19.8 Å². The Morgan fingerprint density at radius 3 is 2.50 bits per heavy atom. The molecule has 0 radical (unpaired) electrons. The van der Waals surface area contributed by atoms with Crippen LogP contribution in [-0.4, -0.2) is 71.8 Å². The normalized spacial score (nSPS) is 22.2. The van der Waals surface area contributed by atoms with E-state index < -0.39 is 29.2 Å². The molecule has 0 saturated carbocycles. The van der Waals surface area contributed by atoms with Crippen LogP contribution in [0.3, 0.4) is 0 Å². The number of aromatic nitrogens is 1. The average Bonchev–Trinajstić information content (AvgIpc) is 3.17. The number of hydrogen-bond donors (Lipinski definition) is 2. The van der Waals surface area contributed by atoms with Gasteiger partial charge in [0.15, 0.2) is 0 Å². The summed E-state index contributed by atoms with van der Waals surface area (Å²) in [5, 5.41) is 18.7. The van der Waals surface area contributed by atoms with E-state index in [0.717, 1.165) is 5.56 Å². The number of hydrogen-bond acceptors (Lipinski definition) is 8. The molecule has 11 heteroatoms. The molecule has 2 aromatic rings. The predicted molar refractivity (Wildman–Crippen MR) is 108 cm³/mol. The van der Waals surface area contributed by atoms with Crippen LogP contribution in [0, 0.1) is 5.41 Å². The van der Waals surface area contributed by atoms with Crippen molar-refractivity contribution < 1.29 is 38.7 Å². The summed E-state index contributed by atoms with van der Waals surface area (Å²) in [6.45, 7) is 0.855. The summed E-state index contributed by atoms with van der Waals surface area (Å²) >= 11 is 0. The summed E-state index contributed by atoms with van der Waals surface area (Å²) < 4.78 is 22.3. The molecule has 5 rings (SSSR count). The highest BCUT2D eigenvalue weighted by Crippen LogP contribution is 2.56. The van der Waals surface area contributed by atoms with Crippen LogP contribution in [0.4, 0.5) is 9.59 Å². The molecule has 166 valence electrons. The Balaban J connectivity index is 1.66. The monoisotopic (exact) mass is 441 g/mol. The van der Waals surface area contributed by atoms with Gasteiger partial charge in [0, 0.05) is 17.2 Å². The minimum Gasteiger partial charge on any atom is -0.492 e. The van der Waals surface area contributed by atoms with E-state index in [1.165, 1.54) is 7.11 Å². The number of imide groups is 1. The minimum absolute atomic E-state index is 0.0475. The Bertz CT molecular complexity index is 1130. The summed E-state index contributed by atoms with van der Waals surface area (Å²) in [5.74, 6) is 1.01. The summed E-state index contributed by atoms with van der Waals surface area (Å²) in [4.78, 5) is 32.1. The van der Waals surface area contributed by atoms with Crippen molar-refractivity contribution in [1.82, 2.24) is 9.88 Å². The van der Waals surface area contributed by atoms with E-state index in [2.05, 4.69) is 9.98 Å². The van der Waals surface area contributed by atoms with E-state index in [4.69, 9.17) is 18.9 Å². The molecular formula is C21H19N3O8. The van der Waals surface area contributed by atoms with Crippen molar-refractivity contribution in [3.05, 3.63) is 42.0 Å². The van der Waals surface area contributed by atoms with Crippen LogP contribution >= 0.6 is 0 Å². The van der Waals surface area contributed by atoms with Crippen LogP contribution in [0.15, 0.2) is 41.4 Å². The second-order valence-electron chi connectivity index (χ2n) is 7.78. The molecule has 3 aliphatic rings. The zero-order valence-corrected chi connectivity index (χ0v) is 17.0. The highest BCUT2D eigenvalue weighted by Gasteiger charge is 2.64. The number of ether oxygens (including phenoxy) is 4. The molecule has 1 fully saturated rings. The summed E-state index contributed by atoms with van der Waals surface area (Å²) in [6, 6.07) is 10.4. The van der Waals surface area contributed by atoms with E-state index in [0.29, 0.717) is 36.1 Å². The number of rotatable bonds is 2. The zero-order chi connectivity index (χ0) is 22.5. The number of aliphatic imine (C=N–C) groups is 1. The van der Waals surface area contributed by atoms with Gasteiger partial charge in [-0.05, 0) is 24.3 Å². The Hall–Kier alpha value is -3.86. The topological polar surface area (TPSA) is 140 Å². The van der Waals surface area contributed by atoms with Crippen molar-refractivity contribution >= 4 is 18.2 Å². The van der Waals surface area contributed by atoms with Crippen LogP contribution in [0.1, 0.15) is 5.56 Å². The smallest absolute Gasteiger partial charge is 0.425 e. The summed E-state index contributed by atoms with van der Waals surface area (Å²) in [7, 11) is 1.53. The largest absolute Gasteiger partial charge is 0.492 e. The highest BCUT2D eigenvalue weighted by atomic mass is 16.5. The second kappa shape index (κ2) is 7.09. The maximum atomic E-state index is 11.5. The van der Waals surface area contributed by atoms with Crippen LogP contribution < -0.4 is 9.47 Å². The summed E-state index contributed by atoms with van der Waals surface area (Å²) in [5.41, 5.74) is 0.379. The van der Waals surface area contributed by atoms with Crippen LogP contribution in [0.5, 0.6) is 11.6 Å². The van der Waals surface area contributed by atoms with Gasteiger partial charge >= 0.3 is 18.2 Å². The first-order valence-corrected chi connectivity index (χ1v) is 9.74. The van der Waals surface area contributed by atoms with Gasteiger partial charge in [-0.2, -0.15) is 0 Å². The molecule has 2 amide bonds. The Morgan fingerprint density at radius 2 is 1.84 bits per heavy atom. The molecule has 11 nitrogen and oxygen atoms in total. The van der Waals surface area contributed by atoms with E-state index >= 15 is 0 Å². The quantitative estimate of drug-likeness (QED) is 0.719. The van der Waals surface area contributed by atoms with Gasteiger partial charge in [0.2, 0.25) is 5.88 Å². The van der Waals surface area contributed by atoms with Crippen molar-refractivity contribution in [3.63, 3.8) is 0 Å². The van der Waals surface area contributed by atoms with E-state index in [1.54, 1.807) is 12.1 Å². The van der Waals surface area contributed by atoms with E-state index in [-0.39, 0.29) is 18.1 Å². The zero-order valence-electron chi connectivity index (χ0n) is 17.0. The molecule has 3 aliphatic heterocycles. The van der Waals surface area contributed by atoms with Crippen molar-refractivity contribution in [2.75, 3.05) is 33.5 Å². The molecule has 2 N–H and O–H groups in total. The minimum atomic E-state index is -1.70. The molecule has 32 heavy (non-hydrogen) atoms. The maximum Gasteiger partial charge on any atom is 0.425 e. The number of carboxylic acid groups (broad SMARTS) is 2. The van der Waals surface area contributed by atoms with Gasteiger partial charge in [0.05, 0.1) is 31.4 Å². The lowest BCUT2D eigenvalue weighted by Crippen LogP contribution is -2.63. The van der Waals surface area contributed by atoms with Gasteiger partial charge in [-0.3, -0.25) is 0 Å². The number of fused-ring (bicyclic) bond motifs is 3. The third kappa shape index (κ3) is 2.78. The van der Waals surface area contributed by atoms with Crippen molar-refractivity contribution in [2.24, 2.45) is 10.4 Å². The van der Waals surface area contributed by atoms with Gasteiger partial charge in [-0.15, -0.1) is 4.90 Å². The standard InChI is InChI=1S/C21H19N3O8/c1-29-16-4-2-3-14(22-16)12-5-6-15-13(7-12)21(20(10-31-15)8-30-9-20)11-32-17(23-21)24(18(25)26)19(27)28/h2-7H,8-11H2,1H3,(H,25,26)(H,27,28). The number of methoxy groups -OCH3 is 1. The highest BCUT2D eigenvalue weighted by molar-refractivity contribution is 6.05. The third-order valence-corrected chi connectivity index (χ3v) is 6.06. The molecule has 1 atom stereocenters. The molecule has 1 aromatic heterocycles.